The number of hydrogen-bond donors (Lipinski definition) is 3. The van der Waals surface area contributed by atoms with Gasteiger partial charge in [0.2, 0.25) is 5.91 Å². The van der Waals surface area contributed by atoms with Crippen LogP contribution in [-0.4, -0.2) is 31.1 Å². The SMILES string of the molecule is NC(CC(=O)NC1CNC1)C1CCc2cc(F)c(F)cc21. The first-order valence-electron chi connectivity index (χ1n) is 7.28. The first-order chi connectivity index (χ1) is 10.0. The molecule has 0 spiro atoms. The molecular formula is C15H19F2N3O. The number of benzene rings is 1. The Bertz CT molecular complexity index is 560. The molecule has 1 aliphatic heterocycles. The molecular weight excluding hydrogens is 276 g/mol. The lowest BCUT2D eigenvalue weighted by Gasteiger charge is -2.29. The second kappa shape index (κ2) is 5.69. The molecule has 1 amide bonds. The van der Waals surface area contributed by atoms with Crippen molar-refractivity contribution < 1.29 is 13.6 Å². The second-order valence-electron chi connectivity index (χ2n) is 5.90. The van der Waals surface area contributed by atoms with Crippen molar-refractivity contribution >= 4 is 5.91 Å². The van der Waals surface area contributed by atoms with Gasteiger partial charge in [-0.25, -0.2) is 8.78 Å². The van der Waals surface area contributed by atoms with Crippen molar-refractivity contribution in [1.29, 1.82) is 0 Å². The number of carbonyl (C=O) groups is 1. The monoisotopic (exact) mass is 295 g/mol. The Hall–Kier alpha value is -1.53. The molecule has 0 radical (unpaired) electrons. The fourth-order valence-corrected chi connectivity index (χ4v) is 3.11. The minimum atomic E-state index is -0.849. The number of carbonyl (C=O) groups excluding carboxylic acids is 1. The molecule has 21 heavy (non-hydrogen) atoms. The van der Waals surface area contributed by atoms with E-state index in [0.29, 0.717) is 6.42 Å². The first kappa shape index (κ1) is 14.4. The van der Waals surface area contributed by atoms with E-state index in [1.165, 1.54) is 12.1 Å². The molecule has 2 atom stereocenters. The molecule has 1 aliphatic carbocycles. The van der Waals surface area contributed by atoms with Gasteiger partial charge in [-0.05, 0) is 36.1 Å². The van der Waals surface area contributed by atoms with Crippen molar-refractivity contribution in [1.82, 2.24) is 10.6 Å². The Kier molecular flexibility index (Phi) is 3.91. The summed E-state index contributed by atoms with van der Waals surface area (Å²) in [5.41, 5.74) is 7.68. The highest BCUT2D eigenvalue weighted by Crippen LogP contribution is 2.36. The molecule has 3 rings (SSSR count). The van der Waals surface area contributed by atoms with Crippen molar-refractivity contribution in [2.45, 2.75) is 37.3 Å². The van der Waals surface area contributed by atoms with Crippen LogP contribution in [0.25, 0.3) is 0 Å². The molecule has 1 heterocycles. The van der Waals surface area contributed by atoms with Crippen LogP contribution in [0.1, 0.15) is 29.9 Å². The maximum absolute atomic E-state index is 13.4. The fraction of sp³-hybridized carbons (Fsp3) is 0.533. The largest absolute Gasteiger partial charge is 0.351 e. The molecule has 1 fully saturated rings. The van der Waals surface area contributed by atoms with Crippen LogP contribution in [0.4, 0.5) is 8.78 Å². The van der Waals surface area contributed by atoms with Gasteiger partial charge < -0.3 is 16.4 Å². The van der Waals surface area contributed by atoms with Gasteiger partial charge in [-0.1, -0.05) is 0 Å². The summed E-state index contributed by atoms with van der Waals surface area (Å²) in [6.45, 7) is 1.58. The Morgan fingerprint density at radius 2 is 2.10 bits per heavy atom. The van der Waals surface area contributed by atoms with E-state index in [4.69, 9.17) is 5.73 Å². The van der Waals surface area contributed by atoms with Crippen molar-refractivity contribution in [3.05, 3.63) is 34.9 Å². The zero-order valence-electron chi connectivity index (χ0n) is 11.7. The van der Waals surface area contributed by atoms with E-state index in [0.717, 1.165) is 30.6 Å². The van der Waals surface area contributed by atoms with Gasteiger partial charge in [0.05, 0.1) is 6.04 Å². The van der Waals surface area contributed by atoms with E-state index in [2.05, 4.69) is 10.6 Å². The van der Waals surface area contributed by atoms with Crippen LogP contribution in [0, 0.1) is 11.6 Å². The molecule has 1 aromatic rings. The van der Waals surface area contributed by atoms with Gasteiger partial charge in [0.1, 0.15) is 0 Å². The standard InChI is InChI=1S/C15H19F2N3O/c16-12-3-8-1-2-10(11(8)4-13(12)17)14(18)5-15(21)20-9-6-19-7-9/h3-4,9-10,14,19H,1-2,5-7,18H2,(H,20,21). The second-order valence-corrected chi connectivity index (χ2v) is 5.90. The summed E-state index contributed by atoms with van der Waals surface area (Å²) in [6.07, 6.45) is 1.62. The van der Waals surface area contributed by atoms with Gasteiger partial charge in [0, 0.05) is 31.5 Å². The summed E-state index contributed by atoms with van der Waals surface area (Å²) < 4.78 is 26.6. The van der Waals surface area contributed by atoms with Gasteiger partial charge in [-0.15, -0.1) is 0 Å². The molecule has 6 heteroatoms. The van der Waals surface area contributed by atoms with Gasteiger partial charge in [-0.3, -0.25) is 4.79 Å². The summed E-state index contributed by atoms with van der Waals surface area (Å²) in [4.78, 5) is 11.9. The number of aryl methyl sites for hydroxylation is 1. The predicted molar refractivity (Wildman–Crippen MR) is 74.8 cm³/mol. The summed E-state index contributed by atoms with van der Waals surface area (Å²) in [5.74, 6) is -1.83. The molecule has 2 unspecified atom stereocenters. The zero-order chi connectivity index (χ0) is 15.0. The lowest BCUT2D eigenvalue weighted by Crippen LogP contribution is -2.57. The third-order valence-electron chi connectivity index (χ3n) is 4.39. The number of amides is 1. The van der Waals surface area contributed by atoms with E-state index in [1.807, 2.05) is 0 Å². The topological polar surface area (TPSA) is 67.2 Å². The minimum Gasteiger partial charge on any atom is -0.351 e. The predicted octanol–water partition coefficient (Wildman–Crippen LogP) is 0.800. The molecule has 2 aliphatic rings. The van der Waals surface area contributed by atoms with Crippen LogP contribution in [-0.2, 0) is 11.2 Å². The van der Waals surface area contributed by atoms with Crippen LogP contribution < -0.4 is 16.4 Å². The summed E-state index contributed by atoms with van der Waals surface area (Å²) in [5, 5.41) is 5.98. The number of nitrogens with two attached hydrogens (primary N) is 1. The molecule has 1 aromatic carbocycles. The first-order valence-corrected chi connectivity index (χ1v) is 7.28. The average molecular weight is 295 g/mol. The smallest absolute Gasteiger partial charge is 0.221 e. The third-order valence-corrected chi connectivity index (χ3v) is 4.39. The molecule has 1 saturated heterocycles. The number of hydrogen-bond acceptors (Lipinski definition) is 3. The van der Waals surface area contributed by atoms with Crippen molar-refractivity contribution in [2.24, 2.45) is 5.73 Å². The Labute approximate surface area is 122 Å². The van der Waals surface area contributed by atoms with E-state index in [9.17, 15) is 13.6 Å². The van der Waals surface area contributed by atoms with E-state index in [1.54, 1.807) is 0 Å². The summed E-state index contributed by atoms with van der Waals surface area (Å²) in [7, 11) is 0. The van der Waals surface area contributed by atoms with Crippen LogP contribution in [0.3, 0.4) is 0 Å². The van der Waals surface area contributed by atoms with Gasteiger partial charge in [-0.2, -0.15) is 0 Å². The molecule has 4 N–H and O–H groups in total. The lowest BCUT2D eigenvalue weighted by atomic mass is 9.91. The van der Waals surface area contributed by atoms with Gasteiger partial charge >= 0.3 is 0 Å². The lowest BCUT2D eigenvalue weighted by molar-refractivity contribution is -0.122. The Balaban J connectivity index is 1.65. The zero-order valence-corrected chi connectivity index (χ0v) is 11.7. The summed E-state index contributed by atoms with van der Waals surface area (Å²) in [6, 6.07) is 2.30. The normalized spacial score (nSPS) is 22.5. The number of halogens is 2. The number of nitrogens with one attached hydrogen (secondary N) is 2. The summed E-state index contributed by atoms with van der Waals surface area (Å²) >= 11 is 0. The molecule has 0 saturated carbocycles. The van der Waals surface area contributed by atoms with Crippen molar-refractivity contribution in [3.8, 4) is 0 Å². The van der Waals surface area contributed by atoms with Gasteiger partial charge in [0.15, 0.2) is 11.6 Å². The molecule has 0 aromatic heterocycles. The van der Waals surface area contributed by atoms with Crippen LogP contribution in [0.5, 0.6) is 0 Å². The Morgan fingerprint density at radius 1 is 1.38 bits per heavy atom. The average Bonchev–Trinajstić information content (AvgIpc) is 2.77. The number of rotatable bonds is 4. The highest BCUT2D eigenvalue weighted by molar-refractivity contribution is 5.77. The highest BCUT2D eigenvalue weighted by atomic mass is 19.2. The van der Waals surface area contributed by atoms with Crippen LogP contribution in [0.2, 0.25) is 0 Å². The van der Waals surface area contributed by atoms with E-state index < -0.39 is 11.6 Å². The van der Waals surface area contributed by atoms with Crippen molar-refractivity contribution in [3.63, 3.8) is 0 Å². The van der Waals surface area contributed by atoms with Gasteiger partial charge in [0.25, 0.3) is 0 Å². The maximum atomic E-state index is 13.4. The highest BCUT2D eigenvalue weighted by Gasteiger charge is 2.31. The molecule has 114 valence electrons. The van der Waals surface area contributed by atoms with Crippen molar-refractivity contribution in [2.75, 3.05) is 13.1 Å². The van der Waals surface area contributed by atoms with E-state index >= 15 is 0 Å². The van der Waals surface area contributed by atoms with Crippen LogP contribution >= 0.6 is 0 Å². The Morgan fingerprint density at radius 3 is 2.76 bits per heavy atom. The molecule has 4 nitrogen and oxygen atoms in total. The fourth-order valence-electron chi connectivity index (χ4n) is 3.11. The van der Waals surface area contributed by atoms with Crippen LogP contribution in [0.15, 0.2) is 12.1 Å². The van der Waals surface area contributed by atoms with E-state index in [-0.39, 0.29) is 30.3 Å². The minimum absolute atomic E-state index is 0.0787. The maximum Gasteiger partial charge on any atom is 0.221 e. The third kappa shape index (κ3) is 2.91. The molecule has 0 bridgehead atoms. The number of fused-ring (bicyclic) bond motifs is 1. The quantitative estimate of drug-likeness (QED) is 0.770.